The highest BCUT2D eigenvalue weighted by Crippen LogP contribution is 1.95. The molecule has 0 spiro atoms. The maximum Gasteiger partial charge on any atom is 0.154 e. The molecule has 10 heavy (non-hydrogen) atoms. The van der Waals surface area contributed by atoms with Gasteiger partial charge in [-0.05, 0) is 27.7 Å². The number of nitrogens with zero attached hydrogens (tertiary/aromatic N) is 1. The second-order valence-corrected chi connectivity index (χ2v) is 2.46. The van der Waals surface area contributed by atoms with Crippen molar-refractivity contribution in [2.45, 2.75) is 27.7 Å². The first-order valence-electron chi connectivity index (χ1n) is 3.23. The first kappa shape index (κ1) is 9.08. The third kappa shape index (κ3) is 5.22. The molecule has 56 valence electrons. The van der Waals surface area contributed by atoms with Gasteiger partial charge in [0.2, 0.25) is 0 Å². The van der Waals surface area contributed by atoms with Crippen molar-refractivity contribution in [2.75, 3.05) is 0 Å². The number of hydrogen-bond donors (Lipinski definition) is 0. The molecule has 0 fully saturated rings. The molecular formula is C8H13NO. The maximum atomic E-state index is 10.5. The van der Waals surface area contributed by atoms with Crippen LogP contribution < -0.4 is 0 Å². The summed E-state index contributed by atoms with van der Waals surface area (Å²) in [6.07, 6.45) is 1.52. The van der Waals surface area contributed by atoms with Crippen LogP contribution in [-0.2, 0) is 4.79 Å². The first-order chi connectivity index (χ1) is 4.52. The number of carbonyl (C=O) groups is 1. The summed E-state index contributed by atoms with van der Waals surface area (Å²) in [5.41, 5.74) is 1.74. The topological polar surface area (TPSA) is 29.4 Å². The summed E-state index contributed by atoms with van der Waals surface area (Å²) in [4.78, 5) is 14.6. The fourth-order valence-corrected chi connectivity index (χ4v) is 0.679. The molecular weight excluding hydrogens is 126 g/mol. The van der Waals surface area contributed by atoms with Gasteiger partial charge in [0.25, 0.3) is 0 Å². The van der Waals surface area contributed by atoms with Crippen molar-refractivity contribution in [3.8, 4) is 0 Å². The molecule has 0 heterocycles. The average molecular weight is 139 g/mol. The number of hydrogen-bond acceptors (Lipinski definition) is 2. The van der Waals surface area contributed by atoms with E-state index in [0.717, 1.165) is 11.4 Å². The summed E-state index contributed by atoms with van der Waals surface area (Å²) < 4.78 is 0. The van der Waals surface area contributed by atoms with E-state index >= 15 is 0 Å². The SMILES string of the molecule is CC(=O)/C=C(\C)N=C(C)C. The van der Waals surface area contributed by atoms with Gasteiger partial charge in [0.1, 0.15) is 0 Å². The van der Waals surface area contributed by atoms with Crippen molar-refractivity contribution in [3.05, 3.63) is 11.8 Å². The third-order valence-electron chi connectivity index (χ3n) is 0.812. The van der Waals surface area contributed by atoms with E-state index < -0.39 is 0 Å². The molecule has 2 heteroatoms. The molecule has 0 unspecified atom stereocenters. The summed E-state index contributed by atoms with van der Waals surface area (Å²) in [6.45, 7) is 7.13. The maximum absolute atomic E-state index is 10.5. The van der Waals surface area contributed by atoms with E-state index in [4.69, 9.17) is 0 Å². The predicted molar refractivity (Wildman–Crippen MR) is 43.2 cm³/mol. The fraction of sp³-hybridized carbons (Fsp3) is 0.500. The molecule has 0 bridgehead atoms. The number of rotatable bonds is 2. The smallest absolute Gasteiger partial charge is 0.154 e. The number of ketones is 1. The van der Waals surface area contributed by atoms with Crippen molar-refractivity contribution in [3.63, 3.8) is 0 Å². The number of aliphatic imine (C=N–C) groups is 1. The van der Waals surface area contributed by atoms with Gasteiger partial charge in [-0.2, -0.15) is 0 Å². The molecule has 0 rings (SSSR count). The van der Waals surface area contributed by atoms with Crippen LogP contribution in [0.2, 0.25) is 0 Å². The van der Waals surface area contributed by atoms with Gasteiger partial charge in [-0.15, -0.1) is 0 Å². The second kappa shape index (κ2) is 3.99. The van der Waals surface area contributed by atoms with Crippen molar-refractivity contribution >= 4 is 11.5 Å². The standard InChI is InChI=1S/C8H13NO/c1-6(2)9-7(3)5-8(4)10/h5H,1-4H3/b7-5+. The minimum Gasteiger partial charge on any atom is -0.295 e. The van der Waals surface area contributed by atoms with Crippen molar-refractivity contribution in [1.29, 1.82) is 0 Å². The van der Waals surface area contributed by atoms with Gasteiger partial charge < -0.3 is 0 Å². The Hall–Kier alpha value is -0.920. The quantitative estimate of drug-likeness (QED) is 0.424. The van der Waals surface area contributed by atoms with Crippen LogP contribution in [0.5, 0.6) is 0 Å². The van der Waals surface area contributed by atoms with E-state index in [1.54, 1.807) is 0 Å². The van der Waals surface area contributed by atoms with Crippen LogP contribution in [0.4, 0.5) is 0 Å². The van der Waals surface area contributed by atoms with Gasteiger partial charge in [-0.1, -0.05) is 0 Å². The molecule has 0 aliphatic rings. The molecule has 0 aliphatic heterocycles. The highest BCUT2D eigenvalue weighted by atomic mass is 16.1. The summed E-state index contributed by atoms with van der Waals surface area (Å²) >= 11 is 0. The van der Waals surface area contributed by atoms with Gasteiger partial charge in [-0.25, -0.2) is 0 Å². The van der Waals surface area contributed by atoms with Crippen LogP contribution in [-0.4, -0.2) is 11.5 Å². The molecule has 0 radical (unpaired) electrons. The van der Waals surface area contributed by atoms with Crippen LogP contribution >= 0.6 is 0 Å². The highest BCUT2D eigenvalue weighted by Gasteiger charge is 1.87. The lowest BCUT2D eigenvalue weighted by Gasteiger charge is -1.90. The predicted octanol–water partition coefficient (Wildman–Crippen LogP) is 1.96. The minimum atomic E-state index is 0.0440. The minimum absolute atomic E-state index is 0.0440. The Balaban J connectivity index is 4.22. The lowest BCUT2D eigenvalue weighted by Crippen LogP contribution is -1.86. The molecule has 2 nitrogen and oxygen atoms in total. The zero-order valence-electron chi connectivity index (χ0n) is 6.93. The third-order valence-corrected chi connectivity index (χ3v) is 0.812. The van der Waals surface area contributed by atoms with Gasteiger partial charge in [0.15, 0.2) is 5.78 Å². The normalized spacial score (nSPS) is 11.0. The number of allylic oxidation sites excluding steroid dienone is 2. The molecule has 0 aromatic carbocycles. The zero-order chi connectivity index (χ0) is 8.15. The van der Waals surface area contributed by atoms with Crippen LogP contribution in [0.1, 0.15) is 27.7 Å². The van der Waals surface area contributed by atoms with Crippen molar-refractivity contribution in [1.82, 2.24) is 0 Å². The van der Waals surface area contributed by atoms with E-state index in [9.17, 15) is 4.79 Å². The Kier molecular flexibility index (Phi) is 3.62. The monoisotopic (exact) mass is 139 g/mol. The lowest BCUT2D eigenvalue weighted by atomic mass is 10.3. The van der Waals surface area contributed by atoms with Crippen LogP contribution in [0.3, 0.4) is 0 Å². The molecule has 0 saturated heterocycles. The highest BCUT2D eigenvalue weighted by molar-refractivity contribution is 5.88. The molecule has 0 amide bonds. The number of carbonyl (C=O) groups excluding carboxylic acids is 1. The molecule has 0 aromatic rings. The van der Waals surface area contributed by atoms with Crippen LogP contribution in [0, 0.1) is 0 Å². The van der Waals surface area contributed by atoms with E-state index in [1.165, 1.54) is 13.0 Å². The van der Waals surface area contributed by atoms with E-state index in [-0.39, 0.29) is 5.78 Å². The van der Waals surface area contributed by atoms with Crippen LogP contribution in [0.25, 0.3) is 0 Å². The zero-order valence-corrected chi connectivity index (χ0v) is 6.93. The van der Waals surface area contributed by atoms with Crippen LogP contribution in [0.15, 0.2) is 16.8 Å². The second-order valence-electron chi connectivity index (χ2n) is 2.46. The summed E-state index contributed by atoms with van der Waals surface area (Å²) in [5.74, 6) is 0.0440. The van der Waals surface area contributed by atoms with E-state index in [2.05, 4.69) is 4.99 Å². The summed E-state index contributed by atoms with van der Waals surface area (Å²) in [6, 6.07) is 0. The fourth-order valence-electron chi connectivity index (χ4n) is 0.679. The lowest BCUT2D eigenvalue weighted by molar-refractivity contribution is -0.112. The molecule has 0 aliphatic carbocycles. The van der Waals surface area contributed by atoms with E-state index in [0.29, 0.717) is 0 Å². The Labute approximate surface area is 61.7 Å². The first-order valence-corrected chi connectivity index (χ1v) is 3.23. The Morgan fingerprint density at radius 2 is 1.70 bits per heavy atom. The summed E-state index contributed by atoms with van der Waals surface area (Å²) in [5, 5.41) is 0. The van der Waals surface area contributed by atoms with Crippen molar-refractivity contribution in [2.24, 2.45) is 4.99 Å². The Bertz CT molecular complexity index is 185. The summed E-state index contributed by atoms with van der Waals surface area (Å²) in [7, 11) is 0. The van der Waals surface area contributed by atoms with E-state index in [1.807, 2.05) is 20.8 Å². The molecule has 0 N–H and O–H groups in total. The molecule has 0 aromatic heterocycles. The van der Waals surface area contributed by atoms with Gasteiger partial charge in [0, 0.05) is 17.5 Å². The Morgan fingerprint density at radius 1 is 1.20 bits per heavy atom. The Morgan fingerprint density at radius 3 is 2.00 bits per heavy atom. The van der Waals surface area contributed by atoms with Gasteiger partial charge in [0.05, 0.1) is 0 Å². The molecule has 0 atom stereocenters. The molecule has 0 saturated carbocycles. The van der Waals surface area contributed by atoms with Gasteiger partial charge in [-0.3, -0.25) is 9.79 Å². The average Bonchev–Trinajstić information content (AvgIpc) is 1.58. The van der Waals surface area contributed by atoms with Crippen molar-refractivity contribution < 1.29 is 4.79 Å². The van der Waals surface area contributed by atoms with Gasteiger partial charge >= 0.3 is 0 Å². The largest absolute Gasteiger partial charge is 0.295 e.